The zero-order chi connectivity index (χ0) is 49.8. The fraction of sp³-hybridized carbons (Fsp3) is 0. The second kappa shape index (κ2) is 16.6. The minimum Gasteiger partial charge on any atom is -0.309 e. The van der Waals surface area contributed by atoms with E-state index in [2.05, 4.69) is 261 Å². The molecule has 5 aromatic heterocycles. The molecule has 7 heteroatoms. The standard InChI is InChI=1S/C69H43N7/c1-2-16-44(17-3-1)67-70-68(45-30-34-47(35-31-45)73-63-28-14-8-22-55(63)57-42-49(38-40-65(57)73)75-59-24-10-4-18-51(59)52-19-5-11-25-60(52)75)72-69(71-67)46-32-36-48(37-33-46)74-64-29-15-9-23-56(64)58-43-50(39-41-66(58)74)76-61-26-12-6-20-53(61)54-21-7-13-27-62(54)76/h1-43H. The van der Waals surface area contributed by atoms with Gasteiger partial charge in [0.15, 0.2) is 17.5 Å². The van der Waals surface area contributed by atoms with Crippen LogP contribution in [-0.2, 0) is 0 Å². The molecule has 16 aromatic rings. The average molecular weight is 970 g/mol. The molecule has 0 atom stereocenters. The first-order chi connectivity index (χ1) is 37.7. The van der Waals surface area contributed by atoms with E-state index in [1.54, 1.807) is 0 Å². The molecule has 11 aromatic carbocycles. The van der Waals surface area contributed by atoms with Crippen molar-refractivity contribution in [2.75, 3.05) is 0 Å². The Kier molecular flexibility index (Phi) is 9.20. The Morgan fingerprint density at radius 2 is 0.421 bits per heavy atom. The number of nitrogens with zero attached hydrogens (tertiary/aromatic N) is 7. The van der Waals surface area contributed by atoms with Crippen LogP contribution in [0.3, 0.4) is 0 Å². The first kappa shape index (κ1) is 42.2. The fourth-order valence-electron chi connectivity index (χ4n) is 12.0. The maximum Gasteiger partial charge on any atom is 0.164 e. The first-order valence-electron chi connectivity index (χ1n) is 25.8. The Morgan fingerprint density at radius 3 is 0.750 bits per heavy atom. The number of para-hydroxylation sites is 6. The molecular formula is C69H43N7. The predicted molar refractivity (Wildman–Crippen MR) is 313 cm³/mol. The highest BCUT2D eigenvalue weighted by atomic mass is 15.0. The lowest BCUT2D eigenvalue weighted by Crippen LogP contribution is -2.01. The number of hydrogen-bond donors (Lipinski definition) is 0. The molecular weight excluding hydrogens is 927 g/mol. The third-order valence-corrected chi connectivity index (χ3v) is 15.4. The Bertz CT molecular complexity index is 4580. The molecule has 0 aliphatic rings. The van der Waals surface area contributed by atoms with Crippen molar-refractivity contribution in [2.45, 2.75) is 0 Å². The van der Waals surface area contributed by atoms with Crippen molar-refractivity contribution in [3.8, 4) is 56.9 Å². The Balaban J connectivity index is 0.774. The quantitative estimate of drug-likeness (QED) is 0.160. The highest BCUT2D eigenvalue weighted by molar-refractivity contribution is 6.14. The molecule has 0 amide bonds. The van der Waals surface area contributed by atoms with Gasteiger partial charge in [-0.1, -0.05) is 140 Å². The number of rotatable bonds is 7. The third kappa shape index (κ3) is 6.39. The lowest BCUT2D eigenvalue weighted by molar-refractivity contribution is 1.07. The number of aromatic nitrogens is 7. The Labute approximate surface area is 436 Å². The second-order valence-electron chi connectivity index (χ2n) is 19.6. The van der Waals surface area contributed by atoms with Gasteiger partial charge >= 0.3 is 0 Å². The van der Waals surface area contributed by atoms with Gasteiger partial charge < -0.3 is 18.3 Å². The van der Waals surface area contributed by atoms with E-state index in [-0.39, 0.29) is 0 Å². The van der Waals surface area contributed by atoms with Gasteiger partial charge in [0.2, 0.25) is 0 Å². The van der Waals surface area contributed by atoms with Crippen LogP contribution in [0, 0.1) is 0 Å². The van der Waals surface area contributed by atoms with Crippen molar-refractivity contribution in [3.05, 3.63) is 261 Å². The van der Waals surface area contributed by atoms with Crippen LogP contribution in [0.4, 0.5) is 0 Å². The first-order valence-corrected chi connectivity index (χ1v) is 25.8. The summed E-state index contributed by atoms with van der Waals surface area (Å²) in [6, 6.07) is 93.3. The predicted octanol–water partition coefficient (Wildman–Crippen LogP) is 17.3. The summed E-state index contributed by atoms with van der Waals surface area (Å²) in [6.07, 6.45) is 0. The van der Waals surface area contributed by atoms with Gasteiger partial charge in [-0.25, -0.2) is 15.0 Å². The maximum absolute atomic E-state index is 5.20. The van der Waals surface area contributed by atoms with Crippen LogP contribution in [-0.4, -0.2) is 33.2 Å². The zero-order valence-corrected chi connectivity index (χ0v) is 41.0. The molecule has 0 N–H and O–H groups in total. The van der Waals surface area contributed by atoms with Crippen molar-refractivity contribution in [1.82, 2.24) is 33.2 Å². The Morgan fingerprint density at radius 1 is 0.184 bits per heavy atom. The van der Waals surface area contributed by atoms with Crippen LogP contribution in [0.2, 0.25) is 0 Å². The minimum atomic E-state index is 0.610. The lowest BCUT2D eigenvalue weighted by Gasteiger charge is -2.12. The smallest absolute Gasteiger partial charge is 0.164 e. The van der Waals surface area contributed by atoms with Crippen LogP contribution in [0.25, 0.3) is 144 Å². The van der Waals surface area contributed by atoms with Gasteiger partial charge in [-0.3, -0.25) is 0 Å². The zero-order valence-electron chi connectivity index (χ0n) is 41.0. The monoisotopic (exact) mass is 969 g/mol. The van der Waals surface area contributed by atoms with Crippen molar-refractivity contribution in [3.63, 3.8) is 0 Å². The average Bonchev–Trinajstić information content (AvgIpc) is 4.24. The molecule has 0 spiro atoms. The molecule has 0 aliphatic carbocycles. The number of fused-ring (bicyclic) bond motifs is 12. The van der Waals surface area contributed by atoms with E-state index in [1.165, 1.54) is 65.2 Å². The van der Waals surface area contributed by atoms with Crippen molar-refractivity contribution >= 4 is 87.2 Å². The summed E-state index contributed by atoms with van der Waals surface area (Å²) in [6.45, 7) is 0. The number of benzene rings is 11. The van der Waals surface area contributed by atoms with Gasteiger partial charge in [0.1, 0.15) is 0 Å². The molecule has 0 fully saturated rings. The van der Waals surface area contributed by atoms with Gasteiger partial charge in [-0.15, -0.1) is 0 Å². The molecule has 0 aliphatic heterocycles. The maximum atomic E-state index is 5.20. The minimum absolute atomic E-state index is 0.610. The highest BCUT2D eigenvalue weighted by Gasteiger charge is 2.20. The van der Waals surface area contributed by atoms with Crippen LogP contribution in [0.1, 0.15) is 0 Å². The van der Waals surface area contributed by atoms with Gasteiger partial charge in [-0.2, -0.15) is 0 Å². The van der Waals surface area contributed by atoms with Crippen molar-refractivity contribution < 1.29 is 0 Å². The molecule has 354 valence electrons. The summed E-state index contributed by atoms with van der Waals surface area (Å²) in [5.74, 6) is 1.84. The van der Waals surface area contributed by atoms with E-state index in [1.807, 2.05) is 18.2 Å². The van der Waals surface area contributed by atoms with Gasteiger partial charge in [0.05, 0.1) is 44.1 Å². The molecule has 0 saturated heterocycles. The topological polar surface area (TPSA) is 58.4 Å². The highest BCUT2D eigenvalue weighted by Crippen LogP contribution is 2.40. The molecule has 0 saturated carbocycles. The van der Waals surface area contributed by atoms with E-state index in [0.29, 0.717) is 17.5 Å². The van der Waals surface area contributed by atoms with E-state index in [0.717, 1.165) is 61.5 Å². The van der Waals surface area contributed by atoms with E-state index in [9.17, 15) is 0 Å². The molecule has 5 heterocycles. The van der Waals surface area contributed by atoms with E-state index >= 15 is 0 Å². The summed E-state index contributed by atoms with van der Waals surface area (Å²) in [7, 11) is 0. The fourth-order valence-corrected chi connectivity index (χ4v) is 12.0. The second-order valence-corrected chi connectivity index (χ2v) is 19.6. The molecule has 76 heavy (non-hydrogen) atoms. The van der Waals surface area contributed by atoms with Crippen molar-refractivity contribution in [1.29, 1.82) is 0 Å². The molecule has 0 unspecified atom stereocenters. The van der Waals surface area contributed by atoms with E-state index < -0.39 is 0 Å². The SMILES string of the molecule is c1ccc(-c2nc(-c3ccc(-n4c5ccccc5c5cc(-n6c7ccccc7c7ccccc76)ccc54)cc3)nc(-c3ccc(-n4c5ccccc5c5cc(-n6c7ccccc7c7ccccc76)ccc54)cc3)n2)cc1. The van der Waals surface area contributed by atoms with Gasteiger partial charge in [0, 0.05) is 82.5 Å². The van der Waals surface area contributed by atoms with Gasteiger partial charge in [-0.05, 0) is 121 Å². The van der Waals surface area contributed by atoms with Gasteiger partial charge in [0.25, 0.3) is 0 Å². The molecule has 7 nitrogen and oxygen atoms in total. The molecule has 16 rings (SSSR count). The number of hydrogen-bond acceptors (Lipinski definition) is 3. The van der Waals surface area contributed by atoms with E-state index in [4.69, 9.17) is 15.0 Å². The normalized spacial score (nSPS) is 11.9. The van der Waals surface area contributed by atoms with Crippen LogP contribution in [0.5, 0.6) is 0 Å². The summed E-state index contributed by atoms with van der Waals surface area (Å²) < 4.78 is 9.51. The lowest BCUT2D eigenvalue weighted by atomic mass is 10.1. The summed E-state index contributed by atoms with van der Waals surface area (Å²) in [5.41, 5.74) is 16.5. The largest absolute Gasteiger partial charge is 0.309 e. The molecule has 0 radical (unpaired) electrons. The molecule has 0 bridgehead atoms. The third-order valence-electron chi connectivity index (χ3n) is 15.4. The summed E-state index contributed by atoms with van der Waals surface area (Å²) in [4.78, 5) is 15.4. The van der Waals surface area contributed by atoms with Crippen molar-refractivity contribution in [2.24, 2.45) is 0 Å². The summed E-state index contributed by atoms with van der Waals surface area (Å²) in [5, 5.41) is 9.80. The van der Waals surface area contributed by atoms with Crippen LogP contribution < -0.4 is 0 Å². The summed E-state index contributed by atoms with van der Waals surface area (Å²) >= 11 is 0. The van der Waals surface area contributed by atoms with Crippen LogP contribution in [0.15, 0.2) is 261 Å². The van der Waals surface area contributed by atoms with Crippen LogP contribution >= 0.6 is 0 Å². The Hall–Kier alpha value is -10.4.